The van der Waals surface area contributed by atoms with E-state index in [0.29, 0.717) is 12.1 Å². The zero-order valence-electron chi connectivity index (χ0n) is 14.8. The van der Waals surface area contributed by atoms with Crippen LogP contribution in [0.15, 0.2) is 48.5 Å². The summed E-state index contributed by atoms with van der Waals surface area (Å²) in [6.45, 7) is 1.41. The Morgan fingerprint density at radius 3 is 2.21 bits per heavy atom. The van der Waals surface area contributed by atoms with Gasteiger partial charge < -0.3 is 15.4 Å². The first-order valence-electron chi connectivity index (χ1n) is 8.24. The van der Waals surface area contributed by atoms with E-state index in [0.717, 1.165) is 17.7 Å². The van der Waals surface area contributed by atoms with Crippen LogP contribution in [0.25, 0.3) is 0 Å². The van der Waals surface area contributed by atoms with Gasteiger partial charge in [-0.3, -0.25) is 9.59 Å². The number of nitrogens with one attached hydrogen (secondary N) is 2. The van der Waals surface area contributed by atoms with Crippen LogP contribution < -0.4 is 10.6 Å². The second-order valence-corrected chi connectivity index (χ2v) is 5.66. The molecule has 6 nitrogen and oxygen atoms in total. The molecule has 0 aliphatic rings. The van der Waals surface area contributed by atoms with Crippen LogP contribution in [0.5, 0.6) is 0 Å². The van der Waals surface area contributed by atoms with E-state index in [1.807, 2.05) is 19.1 Å². The minimum atomic E-state index is -5.01. The summed E-state index contributed by atoms with van der Waals surface area (Å²) in [6.07, 6.45) is -4.30. The van der Waals surface area contributed by atoms with E-state index in [-0.39, 0.29) is 11.3 Å². The smallest absolute Gasteiger partial charge is 0.452 e. The zero-order chi connectivity index (χ0) is 20.7. The number of halogens is 3. The van der Waals surface area contributed by atoms with Crippen molar-refractivity contribution in [2.75, 3.05) is 17.2 Å². The number of rotatable bonds is 6. The van der Waals surface area contributed by atoms with Crippen molar-refractivity contribution < 1.29 is 32.3 Å². The van der Waals surface area contributed by atoms with Crippen LogP contribution in [0, 0.1) is 0 Å². The zero-order valence-corrected chi connectivity index (χ0v) is 14.8. The third-order valence-corrected chi connectivity index (χ3v) is 3.64. The Hall–Kier alpha value is -3.36. The number of carbonyl (C=O) groups excluding carboxylic acids is 3. The van der Waals surface area contributed by atoms with Gasteiger partial charge in [0.05, 0.1) is 5.56 Å². The van der Waals surface area contributed by atoms with Gasteiger partial charge in [-0.05, 0) is 42.3 Å². The van der Waals surface area contributed by atoms with Crippen LogP contribution in [-0.2, 0) is 20.7 Å². The number of aryl methyl sites for hydroxylation is 1. The Balaban J connectivity index is 1.89. The number of para-hydroxylation sites is 1. The number of anilines is 2. The fourth-order valence-electron chi connectivity index (χ4n) is 2.24. The second-order valence-electron chi connectivity index (χ2n) is 5.66. The Morgan fingerprint density at radius 2 is 1.61 bits per heavy atom. The maximum atomic E-state index is 12.2. The van der Waals surface area contributed by atoms with Gasteiger partial charge in [-0.15, -0.1) is 0 Å². The summed E-state index contributed by atoms with van der Waals surface area (Å²) < 4.78 is 41.5. The number of ether oxygens (including phenoxy) is 1. The van der Waals surface area contributed by atoms with E-state index in [1.165, 1.54) is 12.1 Å². The fourth-order valence-corrected chi connectivity index (χ4v) is 2.24. The van der Waals surface area contributed by atoms with Crippen LogP contribution >= 0.6 is 0 Å². The number of esters is 1. The molecule has 2 aromatic carbocycles. The number of hydrogen-bond acceptors (Lipinski definition) is 4. The minimum absolute atomic E-state index is 0.0202. The van der Waals surface area contributed by atoms with Crippen molar-refractivity contribution in [2.24, 2.45) is 0 Å². The average Bonchev–Trinajstić information content (AvgIpc) is 2.66. The monoisotopic (exact) mass is 394 g/mol. The number of benzene rings is 2. The maximum Gasteiger partial charge on any atom is 0.471 e. The second kappa shape index (κ2) is 9.03. The van der Waals surface area contributed by atoms with Gasteiger partial charge in [0.2, 0.25) is 0 Å². The Bertz CT molecular complexity index is 864. The Morgan fingerprint density at radius 1 is 0.964 bits per heavy atom. The van der Waals surface area contributed by atoms with Crippen molar-refractivity contribution >= 4 is 29.2 Å². The molecule has 0 bridgehead atoms. The Labute approximate surface area is 158 Å². The Kier molecular flexibility index (Phi) is 6.75. The molecule has 2 amide bonds. The molecule has 2 N–H and O–H groups in total. The summed E-state index contributed by atoms with van der Waals surface area (Å²) >= 11 is 0. The fraction of sp³-hybridized carbons (Fsp3) is 0.211. The van der Waals surface area contributed by atoms with Crippen LogP contribution in [0.4, 0.5) is 24.5 Å². The van der Waals surface area contributed by atoms with Gasteiger partial charge >= 0.3 is 18.1 Å². The molecule has 0 saturated carbocycles. The van der Waals surface area contributed by atoms with E-state index in [2.05, 4.69) is 5.32 Å². The van der Waals surface area contributed by atoms with Gasteiger partial charge in [0.1, 0.15) is 0 Å². The molecule has 0 radical (unpaired) electrons. The first kappa shape index (κ1) is 20.9. The van der Waals surface area contributed by atoms with E-state index < -0.39 is 30.6 Å². The molecular weight excluding hydrogens is 377 g/mol. The first-order valence-corrected chi connectivity index (χ1v) is 8.24. The molecule has 0 fully saturated rings. The largest absolute Gasteiger partial charge is 0.471 e. The summed E-state index contributed by atoms with van der Waals surface area (Å²) in [4.78, 5) is 34.7. The molecule has 0 aliphatic heterocycles. The summed E-state index contributed by atoms with van der Waals surface area (Å²) in [5.41, 5.74) is 1.44. The van der Waals surface area contributed by atoms with Crippen molar-refractivity contribution in [3.05, 3.63) is 59.7 Å². The van der Waals surface area contributed by atoms with Gasteiger partial charge in [-0.1, -0.05) is 25.1 Å². The molecule has 148 valence electrons. The lowest BCUT2D eigenvalue weighted by molar-refractivity contribution is -0.167. The highest BCUT2D eigenvalue weighted by molar-refractivity contribution is 5.97. The molecule has 0 atom stereocenters. The summed E-state index contributed by atoms with van der Waals surface area (Å²) in [5, 5.41) is 4.30. The summed E-state index contributed by atoms with van der Waals surface area (Å²) in [5.74, 6) is -3.47. The summed E-state index contributed by atoms with van der Waals surface area (Å²) in [7, 11) is 0. The molecular formula is C19H17F3N2O4. The normalized spacial score (nSPS) is 10.9. The average molecular weight is 394 g/mol. The lowest BCUT2D eigenvalue weighted by Crippen LogP contribution is -2.29. The molecule has 0 unspecified atom stereocenters. The third kappa shape index (κ3) is 5.83. The van der Waals surface area contributed by atoms with Crippen molar-refractivity contribution in [1.82, 2.24) is 0 Å². The molecule has 2 rings (SSSR count). The minimum Gasteiger partial charge on any atom is -0.452 e. The van der Waals surface area contributed by atoms with E-state index in [4.69, 9.17) is 4.74 Å². The van der Waals surface area contributed by atoms with Crippen LogP contribution in [-0.4, -0.2) is 30.6 Å². The van der Waals surface area contributed by atoms with E-state index >= 15 is 0 Å². The standard InChI is InChI=1S/C19H17F3N2O4/c1-2-12-5-3-4-6-15(12)24-16(25)11-28-17(26)13-7-9-14(10-8-13)23-18(27)19(20,21)22/h3-10H,2,11H2,1H3,(H,23,27)(H,24,25). The van der Waals surface area contributed by atoms with Crippen LogP contribution in [0.3, 0.4) is 0 Å². The topological polar surface area (TPSA) is 84.5 Å². The number of hydrogen-bond donors (Lipinski definition) is 2. The SMILES string of the molecule is CCc1ccccc1NC(=O)COC(=O)c1ccc(NC(=O)C(F)(F)F)cc1. The lowest BCUT2D eigenvalue weighted by atomic mass is 10.1. The van der Waals surface area contributed by atoms with Gasteiger partial charge in [0, 0.05) is 11.4 Å². The molecule has 0 aliphatic carbocycles. The van der Waals surface area contributed by atoms with Crippen molar-refractivity contribution in [3.8, 4) is 0 Å². The molecule has 9 heteroatoms. The number of amides is 2. The quantitative estimate of drug-likeness (QED) is 0.734. The highest BCUT2D eigenvalue weighted by Gasteiger charge is 2.38. The highest BCUT2D eigenvalue weighted by atomic mass is 19.4. The van der Waals surface area contributed by atoms with Crippen LogP contribution in [0.1, 0.15) is 22.8 Å². The molecule has 0 aromatic heterocycles. The predicted molar refractivity (Wildman–Crippen MR) is 95.9 cm³/mol. The van der Waals surface area contributed by atoms with Gasteiger partial charge in [-0.2, -0.15) is 13.2 Å². The highest BCUT2D eigenvalue weighted by Crippen LogP contribution is 2.19. The molecule has 2 aromatic rings. The van der Waals surface area contributed by atoms with Crippen LogP contribution in [0.2, 0.25) is 0 Å². The lowest BCUT2D eigenvalue weighted by Gasteiger charge is -2.10. The number of alkyl halides is 3. The van der Waals surface area contributed by atoms with Crippen molar-refractivity contribution in [3.63, 3.8) is 0 Å². The predicted octanol–water partition coefficient (Wildman–Crippen LogP) is 3.55. The molecule has 0 spiro atoms. The van der Waals surface area contributed by atoms with Crippen molar-refractivity contribution in [2.45, 2.75) is 19.5 Å². The van der Waals surface area contributed by atoms with E-state index in [9.17, 15) is 27.6 Å². The number of carbonyl (C=O) groups is 3. The van der Waals surface area contributed by atoms with Crippen molar-refractivity contribution in [1.29, 1.82) is 0 Å². The third-order valence-electron chi connectivity index (χ3n) is 3.64. The first-order chi connectivity index (χ1) is 13.2. The molecule has 0 saturated heterocycles. The van der Waals surface area contributed by atoms with Gasteiger partial charge in [0.25, 0.3) is 5.91 Å². The molecule has 0 heterocycles. The molecule has 28 heavy (non-hydrogen) atoms. The summed E-state index contributed by atoms with van der Waals surface area (Å²) in [6, 6.07) is 11.8. The van der Waals surface area contributed by atoms with Gasteiger partial charge in [0.15, 0.2) is 6.61 Å². The maximum absolute atomic E-state index is 12.2. The van der Waals surface area contributed by atoms with Gasteiger partial charge in [-0.25, -0.2) is 4.79 Å². The van der Waals surface area contributed by atoms with E-state index in [1.54, 1.807) is 17.4 Å².